The molecule has 1 unspecified atom stereocenters. The van der Waals surface area contributed by atoms with Crippen molar-refractivity contribution in [3.63, 3.8) is 0 Å². The highest BCUT2D eigenvalue weighted by Crippen LogP contribution is 2.24. The fourth-order valence-electron chi connectivity index (χ4n) is 1.71. The molecule has 1 heterocycles. The van der Waals surface area contributed by atoms with Crippen molar-refractivity contribution in [1.29, 1.82) is 0 Å². The molecular weight excluding hydrogens is 208 g/mol. The second-order valence-electron chi connectivity index (χ2n) is 4.38. The van der Waals surface area contributed by atoms with Gasteiger partial charge in [-0.05, 0) is 25.5 Å². The van der Waals surface area contributed by atoms with E-state index in [2.05, 4.69) is 0 Å². The minimum Gasteiger partial charge on any atom is -0.341 e. The van der Waals surface area contributed by atoms with E-state index in [0.29, 0.717) is 6.54 Å². The summed E-state index contributed by atoms with van der Waals surface area (Å²) in [6.45, 7) is 6.26. The Hall–Kier alpha value is -0.220. The zero-order valence-electron chi connectivity index (χ0n) is 9.79. The van der Waals surface area contributed by atoms with Crippen LogP contribution in [0.25, 0.3) is 0 Å². The molecule has 1 aliphatic rings. The molecule has 1 saturated heterocycles. The summed E-state index contributed by atoms with van der Waals surface area (Å²) in [7, 11) is 0. The zero-order chi connectivity index (χ0) is 11.3. The first-order chi connectivity index (χ1) is 7.14. The van der Waals surface area contributed by atoms with Gasteiger partial charge in [-0.2, -0.15) is 11.8 Å². The van der Waals surface area contributed by atoms with Gasteiger partial charge in [0.15, 0.2) is 0 Å². The monoisotopic (exact) mass is 230 g/mol. The number of nitrogens with zero attached hydrogens (tertiary/aromatic N) is 1. The predicted molar refractivity (Wildman–Crippen MR) is 66.0 cm³/mol. The van der Waals surface area contributed by atoms with Crippen LogP contribution in [0.4, 0.5) is 0 Å². The highest BCUT2D eigenvalue weighted by Gasteiger charge is 2.33. The van der Waals surface area contributed by atoms with Gasteiger partial charge in [-0.15, -0.1) is 0 Å². The third-order valence-corrected chi connectivity index (χ3v) is 4.31. The highest BCUT2D eigenvalue weighted by molar-refractivity contribution is 7.99. The van der Waals surface area contributed by atoms with Gasteiger partial charge in [-0.3, -0.25) is 4.79 Å². The molecule has 0 saturated carbocycles. The lowest BCUT2D eigenvalue weighted by Crippen LogP contribution is -2.46. The van der Waals surface area contributed by atoms with E-state index in [1.807, 2.05) is 30.5 Å². The van der Waals surface area contributed by atoms with E-state index < -0.39 is 0 Å². The Balaban J connectivity index is 2.64. The quantitative estimate of drug-likeness (QED) is 0.795. The first-order valence-electron chi connectivity index (χ1n) is 5.71. The molecule has 3 nitrogen and oxygen atoms in total. The summed E-state index contributed by atoms with van der Waals surface area (Å²) in [5, 5.41) is 0. The second kappa shape index (κ2) is 5.75. The summed E-state index contributed by atoms with van der Waals surface area (Å²) in [6.07, 6.45) is 1.94. The average molecular weight is 230 g/mol. The van der Waals surface area contributed by atoms with Crippen LogP contribution in [0.3, 0.4) is 0 Å². The van der Waals surface area contributed by atoms with Gasteiger partial charge in [0.25, 0.3) is 0 Å². The Bertz CT molecular complexity index is 209. The lowest BCUT2D eigenvalue weighted by molar-refractivity contribution is -0.140. The van der Waals surface area contributed by atoms with E-state index in [1.165, 1.54) is 5.75 Å². The summed E-state index contributed by atoms with van der Waals surface area (Å²) < 4.78 is 0. The van der Waals surface area contributed by atoms with Gasteiger partial charge in [-0.25, -0.2) is 0 Å². The number of rotatable bonds is 3. The van der Waals surface area contributed by atoms with Gasteiger partial charge in [0, 0.05) is 25.4 Å². The van der Waals surface area contributed by atoms with Crippen molar-refractivity contribution in [2.75, 3.05) is 31.1 Å². The molecule has 15 heavy (non-hydrogen) atoms. The normalized spacial score (nSPS) is 21.9. The van der Waals surface area contributed by atoms with Crippen molar-refractivity contribution in [2.45, 2.75) is 26.7 Å². The minimum atomic E-state index is -0.352. The van der Waals surface area contributed by atoms with Crippen LogP contribution in [0.15, 0.2) is 0 Å². The summed E-state index contributed by atoms with van der Waals surface area (Å²) in [6, 6.07) is 0. The van der Waals surface area contributed by atoms with E-state index >= 15 is 0 Å². The van der Waals surface area contributed by atoms with E-state index in [-0.39, 0.29) is 11.3 Å². The van der Waals surface area contributed by atoms with Crippen LogP contribution >= 0.6 is 11.8 Å². The average Bonchev–Trinajstić information content (AvgIpc) is 2.55. The first-order valence-corrected chi connectivity index (χ1v) is 6.86. The van der Waals surface area contributed by atoms with Crippen LogP contribution in [0, 0.1) is 5.41 Å². The van der Waals surface area contributed by atoms with E-state index in [9.17, 15) is 4.79 Å². The smallest absolute Gasteiger partial charge is 0.229 e. The lowest BCUT2D eigenvalue weighted by atomic mass is 9.86. The number of carbonyl (C=O) groups is 1. The fourth-order valence-corrected chi connectivity index (χ4v) is 2.60. The van der Waals surface area contributed by atoms with Crippen molar-refractivity contribution in [3.05, 3.63) is 0 Å². The van der Waals surface area contributed by atoms with E-state index in [0.717, 1.165) is 31.7 Å². The number of thioether (sulfide) groups is 1. The molecule has 2 N–H and O–H groups in total. The Morgan fingerprint density at radius 2 is 2.20 bits per heavy atom. The third-order valence-electron chi connectivity index (χ3n) is 3.26. The molecule has 88 valence electrons. The predicted octanol–water partition coefficient (Wildman–Crippen LogP) is 1.33. The maximum Gasteiger partial charge on any atom is 0.229 e. The SMILES string of the molecule is CCC(C)(CN)C(=O)N1CCCSCC1. The van der Waals surface area contributed by atoms with Crippen molar-refractivity contribution in [1.82, 2.24) is 4.90 Å². The molecule has 0 aliphatic carbocycles. The maximum atomic E-state index is 12.3. The minimum absolute atomic E-state index is 0.245. The highest BCUT2D eigenvalue weighted by atomic mass is 32.2. The number of carbonyl (C=O) groups excluding carboxylic acids is 1. The summed E-state index contributed by atoms with van der Waals surface area (Å²) >= 11 is 1.94. The first kappa shape index (κ1) is 12.8. The number of nitrogens with two attached hydrogens (primary N) is 1. The van der Waals surface area contributed by atoms with Gasteiger partial charge in [-0.1, -0.05) is 6.92 Å². The summed E-state index contributed by atoms with van der Waals surface area (Å²) in [4.78, 5) is 14.3. The van der Waals surface area contributed by atoms with Crippen LogP contribution in [0.2, 0.25) is 0 Å². The fraction of sp³-hybridized carbons (Fsp3) is 0.909. The Kier molecular flexibility index (Phi) is 4.93. The maximum absolute atomic E-state index is 12.3. The topological polar surface area (TPSA) is 46.3 Å². The Labute approximate surface area is 96.8 Å². The number of amides is 1. The van der Waals surface area contributed by atoms with Crippen LogP contribution < -0.4 is 5.73 Å². The summed E-state index contributed by atoms with van der Waals surface area (Å²) in [5.41, 5.74) is 5.36. The van der Waals surface area contributed by atoms with Crippen LogP contribution in [0.5, 0.6) is 0 Å². The molecule has 0 spiro atoms. The Morgan fingerprint density at radius 1 is 1.47 bits per heavy atom. The lowest BCUT2D eigenvalue weighted by Gasteiger charge is -2.32. The van der Waals surface area contributed by atoms with Gasteiger partial charge >= 0.3 is 0 Å². The molecule has 0 radical (unpaired) electrons. The number of hydrogen-bond donors (Lipinski definition) is 1. The molecule has 1 rings (SSSR count). The standard InChI is InChI=1S/C11H22N2OS/c1-3-11(2,9-12)10(14)13-5-4-7-15-8-6-13/h3-9,12H2,1-2H3. The van der Waals surface area contributed by atoms with Crippen molar-refractivity contribution in [3.8, 4) is 0 Å². The largest absolute Gasteiger partial charge is 0.341 e. The molecule has 0 bridgehead atoms. The molecule has 1 amide bonds. The van der Waals surface area contributed by atoms with Gasteiger partial charge in [0.1, 0.15) is 0 Å². The van der Waals surface area contributed by atoms with Crippen LogP contribution in [-0.4, -0.2) is 41.9 Å². The second-order valence-corrected chi connectivity index (χ2v) is 5.60. The Morgan fingerprint density at radius 3 is 2.80 bits per heavy atom. The van der Waals surface area contributed by atoms with Crippen LogP contribution in [-0.2, 0) is 4.79 Å². The van der Waals surface area contributed by atoms with Gasteiger partial charge < -0.3 is 10.6 Å². The molecular formula is C11H22N2OS. The van der Waals surface area contributed by atoms with E-state index in [1.54, 1.807) is 0 Å². The van der Waals surface area contributed by atoms with Crippen molar-refractivity contribution >= 4 is 17.7 Å². The van der Waals surface area contributed by atoms with Gasteiger partial charge in [0.2, 0.25) is 5.91 Å². The third kappa shape index (κ3) is 3.11. The van der Waals surface area contributed by atoms with Gasteiger partial charge in [0.05, 0.1) is 5.41 Å². The molecule has 0 aromatic heterocycles. The van der Waals surface area contributed by atoms with Crippen molar-refractivity contribution < 1.29 is 4.79 Å². The molecule has 1 aliphatic heterocycles. The molecule has 4 heteroatoms. The van der Waals surface area contributed by atoms with Crippen LogP contribution in [0.1, 0.15) is 26.7 Å². The van der Waals surface area contributed by atoms with E-state index in [4.69, 9.17) is 5.73 Å². The van der Waals surface area contributed by atoms with Crippen molar-refractivity contribution in [2.24, 2.45) is 11.1 Å². The number of hydrogen-bond acceptors (Lipinski definition) is 3. The molecule has 0 aromatic rings. The zero-order valence-corrected chi connectivity index (χ0v) is 10.6. The molecule has 0 aromatic carbocycles. The summed E-state index contributed by atoms with van der Waals surface area (Å²) in [5.74, 6) is 2.49. The molecule has 1 atom stereocenters. The molecule has 1 fully saturated rings.